The molecule has 8 heteroatoms. The van der Waals surface area contributed by atoms with E-state index in [4.69, 9.17) is 20.6 Å². The first-order valence-electron chi connectivity index (χ1n) is 7.90. The second-order valence-electron chi connectivity index (χ2n) is 5.25. The second-order valence-corrected chi connectivity index (χ2v) is 5.25. The summed E-state index contributed by atoms with van der Waals surface area (Å²) in [6, 6.07) is 9.71. The predicted molar refractivity (Wildman–Crippen MR) is 101 cm³/mol. The van der Waals surface area contributed by atoms with Crippen LogP contribution in [0.3, 0.4) is 0 Å². The van der Waals surface area contributed by atoms with Crippen LogP contribution in [0.4, 0.5) is 5.69 Å². The molecule has 140 valence electrons. The van der Waals surface area contributed by atoms with E-state index in [0.717, 1.165) is 5.56 Å². The van der Waals surface area contributed by atoms with Crippen LogP contribution in [0.2, 0.25) is 0 Å². The highest BCUT2D eigenvalue weighted by molar-refractivity contribution is 5.84. The van der Waals surface area contributed by atoms with Crippen LogP contribution in [0.1, 0.15) is 11.1 Å². The lowest BCUT2D eigenvalue weighted by Gasteiger charge is -2.09. The van der Waals surface area contributed by atoms with Crippen LogP contribution in [0, 0.1) is 22.5 Å². The molecule has 1 N–H and O–H groups in total. The number of rotatable bonds is 9. The summed E-state index contributed by atoms with van der Waals surface area (Å²) in [4.78, 5) is 10.5. The Labute approximate surface area is 156 Å². The van der Waals surface area contributed by atoms with Crippen LogP contribution in [0.5, 0.6) is 17.2 Å². The first-order valence-corrected chi connectivity index (χ1v) is 7.90. The Morgan fingerprint density at radius 3 is 2.59 bits per heavy atom. The highest BCUT2D eigenvalue weighted by atomic mass is 16.6. The monoisotopic (exact) mass is 369 g/mol. The third kappa shape index (κ3) is 5.37. The molecule has 0 saturated carbocycles. The average Bonchev–Trinajstić information content (AvgIpc) is 2.69. The van der Waals surface area contributed by atoms with Gasteiger partial charge in [-0.05, 0) is 23.8 Å². The minimum atomic E-state index is -0.487. The van der Waals surface area contributed by atoms with E-state index in [1.807, 2.05) is 12.1 Å². The van der Waals surface area contributed by atoms with Crippen molar-refractivity contribution in [2.45, 2.75) is 6.54 Å². The van der Waals surface area contributed by atoms with E-state index in [0.29, 0.717) is 29.4 Å². The second kappa shape index (κ2) is 9.68. The first kappa shape index (κ1) is 19.6. The highest BCUT2D eigenvalue weighted by Crippen LogP contribution is 2.27. The fraction of sp³-hybridized carbons (Fsp3) is 0.211. The fourth-order valence-corrected chi connectivity index (χ4v) is 2.24. The average molecular weight is 369 g/mol. The highest BCUT2D eigenvalue weighted by Gasteiger charge is 2.10. The maximum Gasteiger partial charge on any atom is 0.270 e. The molecular formula is C19H19N3O5. The van der Waals surface area contributed by atoms with Crippen LogP contribution < -0.4 is 19.6 Å². The molecule has 0 atom stereocenters. The van der Waals surface area contributed by atoms with Gasteiger partial charge in [-0.25, -0.2) is 0 Å². The molecule has 0 spiro atoms. The summed E-state index contributed by atoms with van der Waals surface area (Å²) in [6.45, 7) is 0.476. The lowest BCUT2D eigenvalue weighted by atomic mass is 10.2. The molecule has 0 aliphatic carbocycles. The van der Waals surface area contributed by atoms with Gasteiger partial charge in [-0.15, -0.1) is 6.42 Å². The number of nitro benzene ring substituents is 1. The molecule has 8 nitrogen and oxygen atoms in total. The van der Waals surface area contributed by atoms with Crippen molar-refractivity contribution >= 4 is 11.9 Å². The minimum absolute atomic E-state index is 0.0533. The quantitative estimate of drug-likeness (QED) is 0.316. The number of nitrogens with one attached hydrogen (secondary N) is 1. The zero-order valence-corrected chi connectivity index (χ0v) is 15.0. The molecule has 2 aromatic carbocycles. The fourth-order valence-electron chi connectivity index (χ4n) is 2.24. The maximum atomic E-state index is 11.0. The van der Waals surface area contributed by atoms with Gasteiger partial charge in [-0.2, -0.15) is 5.10 Å². The molecule has 27 heavy (non-hydrogen) atoms. The van der Waals surface area contributed by atoms with Crippen molar-refractivity contribution in [2.24, 2.45) is 5.10 Å². The molecule has 0 aromatic heterocycles. The van der Waals surface area contributed by atoms with E-state index < -0.39 is 4.92 Å². The van der Waals surface area contributed by atoms with Gasteiger partial charge in [0.15, 0.2) is 11.5 Å². The molecule has 0 aliphatic rings. The predicted octanol–water partition coefficient (Wildman–Crippen LogP) is 2.75. The van der Waals surface area contributed by atoms with E-state index >= 15 is 0 Å². The molecule has 0 aliphatic heterocycles. The molecule has 2 aromatic rings. The number of nitrogens with zero attached hydrogens (tertiary/aromatic N) is 2. The Bertz CT molecular complexity index is 874. The number of non-ortho nitro benzene ring substituents is 1. The standard InChI is InChI=1S/C19H19N3O5/c1-4-9-27-17-8-6-16(22(23)24)11-15(17)13-21-20-12-14-5-7-18(25-2)19(10-14)26-3/h1,5-8,10-11,13,20H,9,12H2,2-3H3/b21-13+. The Morgan fingerprint density at radius 1 is 1.19 bits per heavy atom. The minimum Gasteiger partial charge on any atom is -0.493 e. The number of ether oxygens (including phenoxy) is 3. The first-order chi connectivity index (χ1) is 13.1. The van der Waals surface area contributed by atoms with Crippen molar-refractivity contribution in [1.82, 2.24) is 5.43 Å². The van der Waals surface area contributed by atoms with Crippen molar-refractivity contribution in [1.29, 1.82) is 0 Å². The van der Waals surface area contributed by atoms with Crippen molar-refractivity contribution < 1.29 is 19.1 Å². The number of hydrogen-bond acceptors (Lipinski definition) is 7. The summed E-state index contributed by atoms with van der Waals surface area (Å²) in [7, 11) is 3.13. The number of hydrazone groups is 1. The topological polar surface area (TPSA) is 95.2 Å². The van der Waals surface area contributed by atoms with E-state index in [1.165, 1.54) is 24.4 Å². The van der Waals surface area contributed by atoms with Gasteiger partial charge in [0.25, 0.3) is 5.69 Å². The normalized spacial score (nSPS) is 10.3. The molecule has 0 heterocycles. The molecule has 2 rings (SSSR count). The Balaban J connectivity index is 2.09. The van der Waals surface area contributed by atoms with Crippen molar-refractivity contribution in [3.8, 4) is 29.6 Å². The van der Waals surface area contributed by atoms with Gasteiger partial charge >= 0.3 is 0 Å². The summed E-state index contributed by atoms with van der Waals surface area (Å²) in [5.74, 6) is 4.01. The van der Waals surface area contributed by atoms with Crippen LogP contribution >= 0.6 is 0 Å². The zero-order valence-electron chi connectivity index (χ0n) is 15.0. The van der Waals surface area contributed by atoms with Crippen LogP contribution in [0.25, 0.3) is 0 Å². The summed E-state index contributed by atoms with van der Waals surface area (Å²) in [6.07, 6.45) is 6.63. The van der Waals surface area contributed by atoms with Crippen molar-refractivity contribution in [3.05, 3.63) is 57.6 Å². The van der Waals surface area contributed by atoms with Gasteiger partial charge in [0.1, 0.15) is 12.4 Å². The Hall–Kier alpha value is -3.73. The molecule has 0 unspecified atom stereocenters. The lowest BCUT2D eigenvalue weighted by molar-refractivity contribution is -0.384. The third-order valence-corrected chi connectivity index (χ3v) is 3.54. The van der Waals surface area contributed by atoms with Gasteiger partial charge in [-0.3, -0.25) is 10.1 Å². The van der Waals surface area contributed by atoms with E-state index in [2.05, 4.69) is 16.4 Å². The number of nitro groups is 1. The van der Waals surface area contributed by atoms with E-state index in [-0.39, 0.29) is 12.3 Å². The smallest absolute Gasteiger partial charge is 0.270 e. The van der Waals surface area contributed by atoms with Crippen LogP contribution in [0.15, 0.2) is 41.5 Å². The lowest BCUT2D eigenvalue weighted by Crippen LogP contribution is -2.07. The van der Waals surface area contributed by atoms with E-state index in [1.54, 1.807) is 20.3 Å². The molecule has 0 bridgehead atoms. The number of hydrogen-bond donors (Lipinski definition) is 1. The van der Waals surface area contributed by atoms with Gasteiger partial charge in [0.05, 0.1) is 31.9 Å². The SMILES string of the molecule is C#CCOc1ccc([N+](=O)[O-])cc1/C=N/NCc1ccc(OC)c(OC)c1. The summed E-state index contributed by atoms with van der Waals surface area (Å²) >= 11 is 0. The van der Waals surface area contributed by atoms with Crippen LogP contribution in [-0.2, 0) is 6.54 Å². The van der Waals surface area contributed by atoms with Gasteiger partial charge in [-0.1, -0.05) is 12.0 Å². The summed E-state index contributed by atoms with van der Waals surface area (Å²) in [5, 5.41) is 15.1. The van der Waals surface area contributed by atoms with Gasteiger partial charge in [0, 0.05) is 17.7 Å². The maximum absolute atomic E-state index is 11.0. The zero-order chi connectivity index (χ0) is 19.6. The van der Waals surface area contributed by atoms with E-state index in [9.17, 15) is 10.1 Å². The summed E-state index contributed by atoms with van der Waals surface area (Å²) in [5.41, 5.74) is 4.18. The Kier molecular flexibility index (Phi) is 7.02. The van der Waals surface area contributed by atoms with Crippen molar-refractivity contribution in [3.63, 3.8) is 0 Å². The largest absolute Gasteiger partial charge is 0.493 e. The molecule has 0 radical (unpaired) electrons. The number of methoxy groups -OCH3 is 2. The van der Waals surface area contributed by atoms with Crippen LogP contribution in [-0.4, -0.2) is 32.0 Å². The number of benzene rings is 2. The van der Waals surface area contributed by atoms with Gasteiger partial charge < -0.3 is 19.6 Å². The Morgan fingerprint density at radius 2 is 1.93 bits per heavy atom. The molecular weight excluding hydrogens is 350 g/mol. The third-order valence-electron chi connectivity index (χ3n) is 3.54. The summed E-state index contributed by atoms with van der Waals surface area (Å²) < 4.78 is 15.8. The molecule has 0 fully saturated rings. The van der Waals surface area contributed by atoms with Crippen molar-refractivity contribution in [2.75, 3.05) is 20.8 Å². The molecule has 0 amide bonds. The van der Waals surface area contributed by atoms with Gasteiger partial charge in [0.2, 0.25) is 0 Å². The number of terminal acetylenes is 1. The molecule has 0 saturated heterocycles.